The standard InChI is InChI=1S/C15H21NS2/c1-2-3-4-5-6-7-11-14-16-15-12(17)9-8-10-13(15)18-14/h8-10,17H,2-7,11H2,1H3. The summed E-state index contributed by atoms with van der Waals surface area (Å²) in [6, 6.07) is 6.20. The van der Waals surface area contributed by atoms with E-state index in [1.54, 1.807) is 0 Å². The predicted octanol–water partition coefficient (Wildman–Crippen LogP) is 5.49. The van der Waals surface area contributed by atoms with E-state index < -0.39 is 0 Å². The van der Waals surface area contributed by atoms with Gasteiger partial charge >= 0.3 is 0 Å². The van der Waals surface area contributed by atoms with E-state index in [0.29, 0.717) is 0 Å². The number of nitrogens with zero attached hydrogens (tertiary/aromatic N) is 1. The Morgan fingerprint density at radius 2 is 1.89 bits per heavy atom. The zero-order chi connectivity index (χ0) is 12.8. The molecule has 18 heavy (non-hydrogen) atoms. The van der Waals surface area contributed by atoms with Crippen LogP contribution in [0.5, 0.6) is 0 Å². The minimum absolute atomic E-state index is 0.998. The second kappa shape index (κ2) is 7.15. The summed E-state index contributed by atoms with van der Waals surface area (Å²) in [5.41, 5.74) is 1.08. The first-order valence-electron chi connectivity index (χ1n) is 6.88. The third-order valence-electron chi connectivity index (χ3n) is 3.19. The number of benzene rings is 1. The van der Waals surface area contributed by atoms with Crippen molar-refractivity contribution in [2.24, 2.45) is 0 Å². The number of rotatable bonds is 7. The van der Waals surface area contributed by atoms with Gasteiger partial charge in [0.2, 0.25) is 0 Å². The van der Waals surface area contributed by atoms with Gasteiger partial charge in [-0.1, -0.05) is 45.1 Å². The Bertz CT molecular complexity index is 490. The second-order valence-corrected chi connectivity index (χ2v) is 6.35. The quantitative estimate of drug-likeness (QED) is 0.522. The van der Waals surface area contributed by atoms with E-state index >= 15 is 0 Å². The number of para-hydroxylation sites is 1. The molecule has 0 aliphatic rings. The molecule has 1 aromatic heterocycles. The summed E-state index contributed by atoms with van der Waals surface area (Å²) >= 11 is 6.28. The Morgan fingerprint density at radius 3 is 2.67 bits per heavy atom. The van der Waals surface area contributed by atoms with E-state index in [4.69, 9.17) is 0 Å². The maximum absolute atomic E-state index is 4.69. The maximum Gasteiger partial charge on any atom is 0.0948 e. The van der Waals surface area contributed by atoms with E-state index in [-0.39, 0.29) is 0 Å². The van der Waals surface area contributed by atoms with Crippen LogP contribution in [0.3, 0.4) is 0 Å². The van der Waals surface area contributed by atoms with Gasteiger partial charge < -0.3 is 0 Å². The molecule has 0 fully saturated rings. The lowest BCUT2D eigenvalue weighted by Gasteiger charge is -1.98. The van der Waals surface area contributed by atoms with Crippen molar-refractivity contribution in [3.8, 4) is 0 Å². The first-order valence-corrected chi connectivity index (χ1v) is 8.15. The Balaban J connectivity index is 1.83. The topological polar surface area (TPSA) is 12.9 Å². The number of thiol groups is 1. The molecule has 0 unspecified atom stereocenters. The van der Waals surface area contributed by atoms with Crippen LogP contribution in [0.25, 0.3) is 10.2 Å². The Hall–Kier alpha value is -0.540. The van der Waals surface area contributed by atoms with Crippen molar-refractivity contribution in [1.82, 2.24) is 4.98 Å². The molecule has 0 N–H and O–H groups in total. The van der Waals surface area contributed by atoms with Crippen LogP contribution in [0.4, 0.5) is 0 Å². The molecule has 1 aromatic carbocycles. The smallest absolute Gasteiger partial charge is 0.0948 e. The van der Waals surface area contributed by atoms with Crippen molar-refractivity contribution in [1.29, 1.82) is 0 Å². The van der Waals surface area contributed by atoms with Gasteiger partial charge in [0, 0.05) is 4.90 Å². The molecule has 3 heteroatoms. The van der Waals surface area contributed by atoms with Crippen molar-refractivity contribution in [2.75, 3.05) is 0 Å². The molecule has 0 spiro atoms. The zero-order valence-corrected chi connectivity index (χ0v) is 12.7. The molecule has 2 rings (SSSR count). The number of aromatic nitrogens is 1. The van der Waals surface area contributed by atoms with Crippen molar-refractivity contribution < 1.29 is 0 Å². The van der Waals surface area contributed by atoms with Gasteiger partial charge in [-0.25, -0.2) is 4.98 Å². The average molecular weight is 279 g/mol. The van der Waals surface area contributed by atoms with Crippen molar-refractivity contribution in [3.05, 3.63) is 23.2 Å². The van der Waals surface area contributed by atoms with E-state index in [1.165, 1.54) is 48.2 Å². The summed E-state index contributed by atoms with van der Waals surface area (Å²) in [4.78, 5) is 5.69. The van der Waals surface area contributed by atoms with Gasteiger partial charge in [0.25, 0.3) is 0 Å². The molecular formula is C15H21NS2. The normalized spacial score (nSPS) is 11.2. The summed E-state index contributed by atoms with van der Waals surface area (Å²) in [7, 11) is 0. The largest absolute Gasteiger partial charge is 0.240 e. The second-order valence-electron chi connectivity index (χ2n) is 4.75. The van der Waals surface area contributed by atoms with Crippen LogP contribution in [0, 0.1) is 0 Å². The minimum Gasteiger partial charge on any atom is -0.240 e. The Morgan fingerprint density at radius 1 is 1.11 bits per heavy atom. The fourth-order valence-electron chi connectivity index (χ4n) is 2.14. The van der Waals surface area contributed by atoms with Crippen LogP contribution in [-0.2, 0) is 6.42 Å². The Labute approximate surface area is 119 Å². The van der Waals surface area contributed by atoms with Crippen LogP contribution in [0.2, 0.25) is 0 Å². The van der Waals surface area contributed by atoms with Crippen LogP contribution in [-0.4, -0.2) is 4.98 Å². The molecule has 98 valence electrons. The summed E-state index contributed by atoms with van der Waals surface area (Å²) in [6.07, 6.45) is 9.19. The highest BCUT2D eigenvalue weighted by atomic mass is 32.1. The highest BCUT2D eigenvalue weighted by Gasteiger charge is 2.05. The zero-order valence-electron chi connectivity index (χ0n) is 11.0. The predicted molar refractivity (Wildman–Crippen MR) is 84.0 cm³/mol. The van der Waals surface area contributed by atoms with Gasteiger partial charge in [0.15, 0.2) is 0 Å². The van der Waals surface area contributed by atoms with Crippen molar-refractivity contribution in [2.45, 2.75) is 56.8 Å². The van der Waals surface area contributed by atoms with Gasteiger partial charge in [0.1, 0.15) is 0 Å². The number of thiazole rings is 1. The SMILES string of the molecule is CCCCCCCCc1nc2c(S)cccc2s1. The minimum atomic E-state index is 0.998. The molecule has 0 saturated carbocycles. The maximum atomic E-state index is 4.69. The highest BCUT2D eigenvalue weighted by molar-refractivity contribution is 7.80. The van der Waals surface area contributed by atoms with Crippen LogP contribution in [0.1, 0.15) is 50.5 Å². The lowest BCUT2D eigenvalue weighted by atomic mass is 10.1. The van der Waals surface area contributed by atoms with Crippen molar-refractivity contribution >= 4 is 34.2 Å². The molecule has 0 bridgehead atoms. The number of fused-ring (bicyclic) bond motifs is 1. The third kappa shape index (κ3) is 3.72. The summed E-state index contributed by atoms with van der Waals surface area (Å²) < 4.78 is 1.27. The molecule has 0 aliphatic heterocycles. The van der Waals surface area contributed by atoms with Crippen LogP contribution in [0.15, 0.2) is 23.1 Å². The van der Waals surface area contributed by atoms with Crippen molar-refractivity contribution in [3.63, 3.8) is 0 Å². The van der Waals surface area contributed by atoms with Gasteiger partial charge in [-0.05, 0) is 25.0 Å². The summed E-state index contributed by atoms with van der Waals surface area (Å²) in [6.45, 7) is 2.26. The molecule has 0 atom stereocenters. The number of hydrogen-bond donors (Lipinski definition) is 1. The number of aryl methyl sites for hydroxylation is 1. The van der Waals surface area contributed by atoms with E-state index in [0.717, 1.165) is 16.8 Å². The first-order chi connectivity index (χ1) is 8.81. The van der Waals surface area contributed by atoms with Crippen LogP contribution < -0.4 is 0 Å². The number of hydrogen-bond acceptors (Lipinski definition) is 3. The molecule has 2 aromatic rings. The molecular weight excluding hydrogens is 258 g/mol. The lowest BCUT2D eigenvalue weighted by Crippen LogP contribution is -1.85. The number of unbranched alkanes of at least 4 members (excludes halogenated alkanes) is 5. The summed E-state index contributed by atoms with van der Waals surface area (Å²) in [5.74, 6) is 0. The summed E-state index contributed by atoms with van der Waals surface area (Å²) in [5, 5.41) is 1.27. The van der Waals surface area contributed by atoms with E-state index in [1.807, 2.05) is 17.4 Å². The third-order valence-corrected chi connectivity index (χ3v) is 4.63. The fourth-order valence-corrected chi connectivity index (χ4v) is 3.51. The van der Waals surface area contributed by atoms with Gasteiger partial charge in [-0.2, -0.15) is 0 Å². The molecule has 1 nitrogen and oxygen atoms in total. The lowest BCUT2D eigenvalue weighted by molar-refractivity contribution is 0.607. The molecule has 1 heterocycles. The van der Waals surface area contributed by atoms with Crippen LogP contribution >= 0.6 is 24.0 Å². The van der Waals surface area contributed by atoms with Gasteiger partial charge in [-0.15, -0.1) is 24.0 Å². The molecule has 0 radical (unpaired) electrons. The fraction of sp³-hybridized carbons (Fsp3) is 0.533. The molecule has 0 saturated heterocycles. The van der Waals surface area contributed by atoms with Gasteiger partial charge in [0.05, 0.1) is 15.2 Å². The average Bonchev–Trinajstić information content (AvgIpc) is 2.78. The van der Waals surface area contributed by atoms with E-state index in [9.17, 15) is 0 Å². The Kier molecular flexibility index (Phi) is 5.51. The monoisotopic (exact) mass is 279 g/mol. The molecule has 0 amide bonds. The molecule has 0 aliphatic carbocycles. The highest BCUT2D eigenvalue weighted by Crippen LogP contribution is 2.27. The first kappa shape index (κ1) is 13.9. The van der Waals surface area contributed by atoms with E-state index in [2.05, 4.69) is 36.7 Å². The van der Waals surface area contributed by atoms with Gasteiger partial charge in [-0.3, -0.25) is 0 Å².